The van der Waals surface area contributed by atoms with E-state index in [1.54, 1.807) is 24.3 Å². The molecule has 0 bridgehead atoms. The Bertz CT molecular complexity index is 401. The van der Waals surface area contributed by atoms with Crippen LogP contribution in [0.1, 0.15) is 31.1 Å². The molecular weight excluding hydrogens is 216 g/mol. The van der Waals surface area contributed by atoms with Gasteiger partial charge in [-0.3, -0.25) is 9.59 Å². The zero-order chi connectivity index (χ0) is 13.1. The number of esters is 1. The molecule has 0 saturated heterocycles. The van der Waals surface area contributed by atoms with Gasteiger partial charge in [-0.05, 0) is 5.41 Å². The van der Waals surface area contributed by atoms with Crippen molar-refractivity contribution in [2.45, 2.75) is 20.8 Å². The summed E-state index contributed by atoms with van der Waals surface area (Å²) in [6, 6.07) is 8.82. The van der Waals surface area contributed by atoms with Gasteiger partial charge in [0, 0.05) is 5.56 Å². The molecule has 0 aliphatic rings. The van der Waals surface area contributed by atoms with Gasteiger partial charge >= 0.3 is 5.97 Å². The van der Waals surface area contributed by atoms with E-state index in [1.165, 1.54) is 7.11 Å². The quantitative estimate of drug-likeness (QED) is 0.459. The minimum Gasteiger partial charge on any atom is -0.468 e. The molecule has 1 aromatic rings. The number of rotatable bonds is 3. The first-order chi connectivity index (χ1) is 7.88. The summed E-state index contributed by atoms with van der Waals surface area (Å²) in [4.78, 5) is 24.0. The maximum absolute atomic E-state index is 12.3. The number of hydrogen-bond donors (Lipinski definition) is 0. The minimum atomic E-state index is -0.769. The number of Topliss-reactive ketones (excluding diaryl/α,β-unsaturated/α-hetero) is 1. The second-order valence-electron chi connectivity index (χ2n) is 5.05. The van der Waals surface area contributed by atoms with Crippen molar-refractivity contribution in [2.24, 2.45) is 11.3 Å². The number of carbonyl (C=O) groups excluding carboxylic acids is 2. The molecule has 0 aliphatic heterocycles. The molecule has 3 heteroatoms. The summed E-state index contributed by atoms with van der Waals surface area (Å²) in [5.74, 6) is -1.44. The monoisotopic (exact) mass is 234 g/mol. The largest absolute Gasteiger partial charge is 0.468 e. The van der Waals surface area contributed by atoms with Crippen LogP contribution in [0.15, 0.2) is 30.3 Å². The maximum Gasteiger partial charge on any atom is 0.317 e. The molecule has 17 heavy (non-hydrogen) atoms. The highest BCUT2D eigenvalue weighted by Crippen LogP contribution is 2.30. The fourth-order valence-electron chi connectivity index (χ4n) is 1.74. The average molecular weight is 234 g/mol. The lowest BCUT2D eigenvalue weighted by atomic mass is 9.76. The molecule has 0 aromatic heterocycles. The van der Waals surface area contributed by atoms with Gasteiger partial charge in [-0.15, -0.1) is 0 Å². The van der Waals surface area contributed by atoms with Crippen LogP contribution < -0.4 is 0 Å². The van der Waals surface area contributed by atoms with Crippen LogP contribution in [0.2, 0.25) is 0 Å². The van der Waals surface area contributed by atoms with Gasteiger partial charge in [0.15, 0.2) is 5.78 Å². The van der Waals surface area contributed by atoms with Gasteiger partial charge in [0.2, 0.25) is 0 Å². The van der Waals surface area contributed by atoms with Crippen molar-refractivity contribution in [3.63, 3.8) is 0 Å². The van der Waals surface area contributed by atoms with E-state index in [0.29, 0.717) is 5.56 Å². The molecule has 0 aliphatic carbocycles. The van der Waals surface area contributed by atoms with Crippen molar-refractivity contribution < 1.29 is 14.3 Å². The molecule has 0 spiro atoms. The molecule has 0 N–H and O–H groups in total. The van der Waals surface area contributed by atoms with E-state index in [-0.39, 0.29) is 5.78 Å². The van der Waals surface area contributed by atoms with E-state index >= 15 is 0 Å². The zero-order valence-corrected chi connectivity index (χ0v) is 10.7. The van der Waals surface area contributed by atoms with E-state index in [2.05, 4.69) is 0 Å². The lowest BCUT2D eigenvalue weighted by molar-refractivity contribution is -0.146. The third-order valence-electron chi connectivity index (χ3n) is 2.62. The van der Waals surface area contributed by atoms with E-state index in [9.17, 15) is 9.59 Å². The molecule has 1 unspecified atom stereocenters. The summed E-state index contributed by atoms with van der Waals surface area (Å²) in [5, 5.41) is 0. The number of ether oxygens (including phenoxy) is 1. The van der Waals surface area contributed by atoms with Gasteiger partial charge in [-0.1, -0.05) is 51.1 Å². The summed E-state index contributed by atoms with van der Waals surface area (Å²) in [7, 11) is 1.30. The summed E-state index contributed by atoms with van der Waals surface area (Å²) in [5.41, 5.74) is 0.0813. The van der Waals surface area contributed by atoms with Crippen LogP contribution >= 0.6 is 0 Å². The highest BCUT2D eigenvalue weighted by atomic mass is 16.5. The molecular formula is C14H18O3. The Kier molecular flexibility index (Phi) is 4.05. The van der Waals surface area contributed by atoms with Crippen LogP contribution in [0.4, 0.5) is 0 Å². The molecule has 0 heterocycles. The highest BCUT2D eigenvalue weighted by molar-refractivity contribution is 6.09. The highest BCUT2D eigenvalue weighted by Gasteiger charge is 2.38. The van der Waals surface area contributed by atoms with Crippen molar-refractivity contribution in [2.75, 3.05) is 7.11 Å². The Labute approximate surface area is 102 Å². The van der Waals surface area contributed by atoms with Gasteiger partial charge in [-0.2, -0.15) is 0 Å². The molecule has 0 radical (unpaired) electrons. The molecule has 0 saturated carbocycles. The third-order valence-corrected chi connectivity index (χ3v) is 2.62. The third kappa shape index (κ3) is 3.16. The second kappa shape index (κ2) is 5.13. The fourth-order valence-corrected chi connectivity index (χ4v) is 1.74. The van der Waals surface area contributed by atoms with E-state index in [0.717, 1.165) is 0 Å². The summed E-state index contributed by atoms with van der Waals surface area (Å²) in [6.07, 6.45) is 0. The predicted molar refractivity (Wildman–Crippen MR) is 65.7 cm³/mol. The molecule has 1 rings (SSSR count). The zero-order valence-electron chi connectivity index (χ0n) is 10.7. The number of methoxy groups -OCH3 is 1. The van der Waals surface area contributed by atoms with E-state index in [1.807, 2.05) is 26.8 Å². The van der Waals surface area contributed by atoms with Crippen LogP contribution in [0, 0.1) is 11.3 Å². The molecule has 92 valence electrons. The summed E-state index contributed by atoms with van der Waals surface area (Å²) < 4.78 is 4.72. The molecule has 1 aromatic carbocycles. The minimum absolute atomic E-state index is 0.190. The molecule has 0 amide bonds. The van der Waals surface area contributed by atoms with Crippen LogP contribution in [0.3, 0.4) is 0 Å². The topological polar surface area (TPSA) is 43.4 Å². The Balaban J connectivity index is 3.09. The maximum atomic E-state index is 12.3. The van der Waals surface area contributed by atoms with Crippen LogP contribution in [-0.4, -0.2) is 18.9 Å². The number of ketones is 1. The first kappa shape index (κ1) is 13.4. The summed E-state index contributed by atoms with van der Waals surface area (Å²) >= 11 is 0. The van der Waals surface area contributed by atoms with Crippen molar-refractivity contribution >= 4 is 11.8 Å². The van der Waals surface area contributed by atoms with Crippen molar-refractivity contribution in [3.8, 4) is 0 Å². The predicted octanol–water partition coefficient (Wildman–Crippen LogP) is 2.70. The normalized spacial score (nSPS) is 12.9. The molecule has 3 nitrogen and oxygen atoms in total. The number of benzene rings is 1. The van der Waals surface area contributed by atoms with Crippen molar-refractivity contribution in [1.29, 1.82) is 0 Å². The fraction of sp³-hybridized carbons (Fsp3) is 0.429. The molecule has 0 fully saturated rings. The van der Waals surface area contributed by atoms with Crippen LogP contribution in [0.5, 0.6) is 0 Å². The SMILES string of the molecule is COC(=O)C(C(=O)c1ccccc1)C(C)(C)C. The van der Waals surface area contributed by atoms with Gasteiger partial charge in [-0.25, -0.2) is 0 Å². The first-order valence-electron chi connectivity index (χ1n) is 5.55. The van der Waals surface area contributed by atoms with Gasteiger partial charge in [0.1, 0.15) is 5.92 Å². The Morgan fingerprint density at radius 3 is 2.06 bits per heavy atom. The Hall–Kier alpha value is -1.64. The number of carbonyl (C=O) groups is 2. The van der Waals surface area contributed by atoms with Gasteiger partial charge < -0.3 is 4.74 Å². The summed E-state index contributed by atoms with van der Waals surface area (Å²) in [6.45, 7) is 5.57. The smallest absolute Gasteiger partial charge is 0.317 e. The average Bonchev–Trinajstić information content (AvgIpc) is 2.28. The van der Waals surface area contributed by atoms with Crippen LogP contribution in [-0.2, 0) is 9.53 Å². The van der Waals surface area contributed by atoms with Gasteiger partial charge in [0.05, 0.1) is 7.11 Å². The van der Waals surface area contributed by atoms with Crippen molar-refractivity contribution in [1.82, 2.24) is 0 Å². The Morgan fingerprint density at radius 1 is 1.12 bits per heavy atom. The molecule has 1 atom stereocenters. The van der Waals surface area contributed by atoms with E-state index in [4.69, 9.17) is 4.74 Å². The van der Waals surface area contributed by atoms with E-state index < -0.39 is 17.3 Å². The number of hydrogen-bond acceptors (Lipinski definition) is 3. The van der Waals surface area contributed by atoms with Gasteiger partial charge in [0.25, 0.3) is 0 Å². The lowest BCUT2D eigenvalue weighted by Gasteiger charge is -2.27. The van der Waals surface area contributed by atoms with Crippen molar-refractivity contribution in [3.05, 3.63) is 35.9 Å². The second-order valence-corrected chi connectivity index (χ2v) is 5.05. The van der Waals surface area contributed by atoms with Crippen LogP contribution in [0.25, 0.3) is 0 Å². The Morgan fingerprint density at radius 2 is 1.65 bits per heavy atom. The standard InChI is InChI=1S/C14H18O3/c1-14(2,3)11(13(16)17-4)12(15)10-8-6-5-7-9-10/h5-9,11H,1-4H3. The first-order valence-corrected chi connectivity index (χ1v) is 5.55. The lowest BCUT2D eigenvalue weighted by Crippen LogP contribution is -2.36.